The van der Waals surface area contributed by atoms with E-state index >= 15 is 0 Å². The summed E-state index contributed by atoms with van der Waals surface area (Å²) in [7, 11) is 0. The minimum absolute atomic E-state index is 0.131. The molecule has 3 rings (SSSR count). The molecule has 0 radical (unpaired) electrons. The van der Waals surface area contributed by atoms with Crippen LogP contribution < -0.4 is 15.5 Å². The molecular formula is C21H27FN3OS+. The van der Waals surface area contributed by atoms with Gasteiger partial charge in [-0.15, -0.1) is 0 Å². The summed E-state index contributed by atoms with van der Waals surface area (Å²) in [5.74, 6) is -0.229. The zero-order valence-electron chi connectivity index (χ0n) is 15.6. The van der Waals surface area contributed by atoms with Gasteiger partial charge in [0.25, 0.3) is 0 Å². The number of morpholine rings is 1. The van der Waals surface area contributed by atoms with Crippen LogP contribution >= 0.6 is 12.2 Å². The lowest BCUT2D eigenvalue weighted by Gasteiger charge is -2.29. The van der Waals surface area contributed by atoms with Crippen LogP contribution in [-0.2, 0) is 11.3 Å². The van der Waals surface area contributed by atoms with E-state index in [4.69, 9.17) is 17.0 Å². The van der Waals surface area contributed by atoms with Crippen LogP contribution in [0.1, 0.15) is 22.7 Å². The summed E-state index contributed by atoms with van der Waals surface area (Å²) in [6.07, 6.45) is 0. The molecular weight excluding hydrogens is 361 g/mol. The van der Waals surface area contributed by atoms with Crippen LogP contribution in [0.4, 0.5) is 4.39 Å². The van der Waals surface area contributed by atoms with E-state index in [0.29, 0.717) is 11.7 Å². The summed E-state index contributed by atoms with van der Waals surface area (Å²) in [6, 6.07) is 15.2. The molecule has 1 aliphatic rings. The monoisotopic (exact) mass is 388 g/mol. The highest BCUT2D eigenvalue weighted by Gasteiger charge is 2.22. The Balaban J connectivity index is 1.61. The lowest BCUT2D eigenvalue weighted by atomic mass is 10.0. The van der Waals surface area contributed by atoms with Crippen LogP contribution in [0.5, 0.6) is 0 Å². The number of benzene rings is 2. The molecule has 3 N–H and O–H groups in total. The lowest BCUT2D eigenvalue weighted by molar-refractivity contribution is -0.909. The van der Waals surface area contributed by atoms with E-state index in [9.17, 15) is 4.39 Å². The van der Waals surface area contributed by atoms with Gasteiger partial charge < -0.3 is 20.3 Å². The Labute approximate surface area is 165 Å². The summed E-state index contributed by atoms with van der Waals surface area (Å²) in [6.45, 7) is 7.25. The largest absolute Gasteiger partial charge is 0.370 e. The Bertz CT molecular complexity index is 730. The number of hydrogen-bond acceptors (Lipinski definition) is 2. The van der Waals surface area contributed by atoms with Crippen molar-refractivity contribution in [1.82, 2.24) is 10.6 Å². The first-order valence-corrected chi connectivity index (χ1v) is 9.77. The van der Waals surface area contributed by atoms with Gasteiger partial charge in [0.05, 0.1) is 13.2 Å². The van der Waals surface area contributed by atoms with Gasteiger partial charge in [-0.1, -0.05) is 42.0 Å². The zero-order chi connectivity index (χ0) is 19.1. The fraction of sp³-hybridized carbons (Fsp3) is 0.381. The number of hydrogen-bond donors (Lipinski definition) is 3. The molecule has 27 heavy (non-hydrogen) atoms. The number of halogens is 1. The van der Waals surface area contributed by atoms with Gasteiger partial charge >= 0.3 is 0 Å². The third kappa shape index (κ3) is 6.27. The Morgan fingerprint density at radius 3 is 2.44 bits per heavy atom. The molecule has 1 atom stereocenters. The third-order valence-electron chi connectivity index (χ3n) is 4.84. The highest BCUT2D eigenvalue weighted by atomic mass is 32.1. The van der Waals surface area contributed by atoms with Crippen LogP contribution in [0.25, 0.3) is 0 Å². The molecule has 1 fully saturated rings. The van der Waals surface area contributed by atoms with Gasteiger partial charge in [0.2, 0.25) is 0 Å². The minimum atomic E-state index is -0.229. The number of thiocarbonyl (C=S) groups is 1. The second-order valence-corrected chi connectivity index (χ2v) is 7.39. The summed E-state index contributed by atoms with van der Waals surface area (Å²) in [5.41, 5.74) is 3.46. The van der Waals surface area contributed by atoms with E-state index < -0.39 is 0 Å². The molecule has 0 saturated carbocycles. The number of nitrogens with one attached hydrogen (secondary N) is 3. The number of rotatable bonds is 6. The van der Waals surface area contributed by atoms with E-state index in [-0.39, 0.29) is 11.9 Å². The Morgan fingerprint density at radius 2 is 1.78 bits per heavy atom. The first kappa shape index (κ1) is 19.7. The Hall–Kier alpha value is -2.02. The second kappa shape index (κ2) is 9.78. The first-order chi connectivity index (χ1) is 13.1. The van der Waals surface area contributed by atoms with Gasteiger partial charge in [-0.25, -0.2) is 4.39 Å². The van der Waals surface area contributed by atoms with E-state index in [2.05, 4.69) is 41.8 Å². The van der Waals surface area contributed by atoms with Crippen LogP contribution in [0.15, 0.2) is 48.5 Å². The van der Waals surface area contributed by atoms with Gasteiger partial charge in [-0.2, -0.15) is 0 Å². The quantitative estimate of drug-likeness (QED) is 0.660. The van der Waals surface area contributed by atoms with E-state index in [1.165, 1.54) is 28.2 Å². The molecule has 1 heterocycles. The summed E-state index contributed by atoms with van der Waals surface area (Å²) < 4.78 is 18.5. The van der Waals surface area contributed by atoms with Crippen molar-refractivity contribution in [3.8, 4) is 0 Å². The lowest BCUT2D eigenvalue weighted by Crippen LogP contribution is -3.14. The first-order valence-electron chi connectivity index (χ1n) is 9.37. The minimum Gasteiger partial charge on any atom is -0.370 e. The van der Waals surface area contributed by atoms with Gasteiger partial charge in [0.15, 0.2) is 5.11 Å². The SMILES string of the molecule is Cc1ccc([C@@H](C[NH+]2CCOCC2)NC(=S)NCc2ccc(F)cc2)cc1. The maximum atomic E-state index is 13.0. The standard InChI is InChI=1S/C21H26FN3OS/c1-16-2-6-18(7-3-16)20(15-25-10-12-26-13-11-25)24-21(27)23-14-17-4-8-19(22)9-5-17/h2-9,20H,10-15H2,1H3,(H2,23,24,27)/p+1/t20-/m1/s1. The van der Waals surface area contributed by atoms with Crippen LogP contribution in [0, 0.1) is 12.7 Å². The molecule has 4 nitrogen and oxygen atoms in total. The van der Waals surface area contributed by atoms with Crippen molar-refractivity contribution in [1.29, 1.82) is 0 Å². The maximum absolute atomic E-state index is 13.0. The molecule has 0 aromatic heterocycles. The topological polar surface area (TPSA) is 37.7 Å². The van der Waals surface area contributed by atoms with Crippen molar-refractivity contribution < 1.29 is 14.0 Å². The normalized spacial score (nSPS) is 15.9. The van der Waals surface area contributed by atoms with E-state index in [1.54, 1.807) is 12.1 Å². The fourth-order valence-corrected chi connectivity index (χ4v) is 3.41. The molecule has 0 amide bonds. The molecule has 0 spiro atoms. The number of ether oxygens (including phenoxy) is 1. The smallest absolute Gasteiger partial charge is 0.167 e. The van der Waals surface area contributed by atoms with E-state index in [1.807, 2.05) is 0 Å². The third-order valence-corrected chi connectivity index (χ3v) is 5.11. The summed E-state index contributed by atoms with van der Waals surface area (Å²) >= 11 is 5.52. The molecule has 1 aliphatic heterocycles. The van der Waals surface area contributed by atoms with Crippen molar-refractivity contribution >= 4 is 17.3 Å². The molecule has 144 valence electrons. The molecule has 6 heteroatoms. The molecule has 2 aromatic carbocycles. The average Bonchev–Trinajstić information content (AvgIpc) is 2.68. The number of quaternary nitrogens is 1. The van der Waals surface area contributed by atoms with Crippen molar-refractivity contribution in [3.05, 3.63) is 71.0 Å². The van der Waals surface area contributed by atoms with Crippen molar-refractivity contribution in [2.75, 3.05) is 32.8 Å². The van der Waals surface area contributed by atoms with Crippen LogP contribution in [0.3, 0.4) is 0 Å². The zero-order valence-corrected chi connectivity index (χ0v) is 16.4. The molecule has 0 aliphatic carbocycles. The van der Waals surface area contributed by atoms with Gasteiger partial charge in [-0.3, -0.25) is 0 Å². The van der Waals surface area contributed by atoms with Gasteiger partial charge in [-0.05, 0) is 42.4 Å². The van der Waals surface area contributed by atoms with Gasteiger partial charge in [0.1, 0.15) is 31.5 Å². The predicted molar refractivity (Wildman–Crippen MR) is 109 cm³/mol. The molecule has 1 saturated heterocycles. The average molecular weight is 389 g/mol. The van der Waals surface area contributed by atoms with Crippen LogP contribution in [-0.4, -0.2) is 38.0 Å². The van der Waals surface area contributed by atoms with Crippen molar-refractivity contribution in [3.63, 3.8) is 0 Å². The van der Waals surface area contributed by atoms with E-state index in [0.717, 1.165) is 38.4 Å². The maximum Gasteiger partial charge on any atom is 0.167 e. The highest BCUT2D eigenvalue weighted by Crippen LogP contribution is 2.13. The Kier molecular flexibility index (Phi) is 7.15. The molecule has 0 bridgehead atoms. The fourth-order valence-electron chi connectivity index (χ4n) is 3.20. The van der Waals surface area contributed by atoms with Crippen molar-refractivity contribution in [2.45, 2.75) is 19.5 Å². The predicted octanol–water partition coefficient (Wildman–Crippen LogP) is 1.75. The van der Waals surface area contributed by atoms with Crippen LogP contribution in [0.2, 0.25) is 0 Å². The number of aryl methyl sites for hydroxylation is 1. The second-order valence-electron chi connectivity index (χ2n) is 6.98. The summed E-state index contributed by atoms with van der Waals surface area (Å²) in [5, 5.41) is 7.31. The Morgan fingerprint density at radius 1 is 1.11 bits per heavy atom. The van der Waals surface area contributed by atoms with Crippen molar-refractivity contribution in [2.24, 2.45) is 0 Å². The molecule has 0 unspecified atom stereocenters. The highest BCUT2D eigenvalue weighted by molar-refractivity contribution is 7.80. The summed E-state index contributed by atoms with van der Waals surface area (Å²) in [4.78, 5) is 1.51. The van der Waals surface area contributed by atoms with Gasteiger partial charge in [0, 0.05) is 6.54 Å². The molecule has 2 aromatic rings.